The number of hydrogen-bond acceptors (Lipinski definition) is 1. The number of benzene rings is 7. The van der Waals surface area contributed by atoms with E-state index in [4.69, 9.17) is 11.6 Å². The van der Waals surface area contributed by atoms with Gasteiger partial charge in [-0.25, -0.2) is 0 Å². The molecule has 3 nitrogen and oxygen atoms in total. The molecule has 0 fully saturated rings. The maximum absolute atomic E-state index is 7.81. The van der Waals surface area contributed by atoms with Crippen molar-refractivity contribution < 1.29 is 0 Å². The second kappa shape index (κ2) is 12.7. The molecule has 2 aromatic heterocycles. The standard InChI is InChI=1S/C50H44ClN3/c1-49(2,3)33-23-27-36(28-24-33)52(37-29-25-34(26-30-37)50(4,5)6)44-21-14-22-45(47(44)51)54-41-19-12-10-17-38(41)39-31-32-43-46(48(39)54)40-18-11-13-20-42(40)53(43)35-15-8-7-9-16-35/h7-32H,1-6H3. The van der Waals surface area contributed by atoms with Crippen LogP contribution in [0.1, 0.15) is 52.7 Å². The second-order valence-corrected chi connectivity index (χ2v) is 16.8. The minimum absolute atomic E-state index is 0.0424. The molecule has 0 spiro atoms. The van der Waals surface area contributed by atoms with Gasteiger partial charge in [0.1, 0.15) is 0 Å². The number of rotatable bonds is 5. The van der Waals surface area contributed by atoms with Gasteiger partial charge in [0.25, 0.3) is 0 Å². The summed E-state index contributed by atoms with van der Waals surface area (Å²) in [4.78, 5) is 2.30. The van der Waals surface area contributed by atoms with Crippen LogP contribution in [0, 0.1) is 0 Å². The summed E-state index contributed by atoms with van der Waals surface area (Å²) >= 11 is 7.81. The Morgan fingerprint density at radius 3 is 1.57 bits per heavy atom. The Labute approximate surface area is 322 Å². The molecule has 0 bridgehead atoms. The van der Waals surface area contributed by atoms with Crippen LogP contribution in [0.4, 0.5) is 17.1 Å². The van der Waals surface area contributed by atoms with E-state index in [0.29, 0.717) is 5.02 Å². The Bertz CT molecular complexity index is 2770. The van der Waals surface area contributed by atoms with Crippen LogP contribution < -0.4 is 4.90 Å². The Morgan fingerprint density at radius 2 is 0.981 bits per heavy atom. The Balaban J connectivity index is 1.33. The molecule has 2 heterocycles. The number of halogens is 1. The zero-order valence-corrected chi connectivity index (χ0v) is 32.5. The van der Waals surface area contributed by atoms with Gasteiger partial charge in [-0.3, -0.25) is 0 Å². The fourth-order valence-electron chi connectivity index (χ4n) is 8.12. The zero-order chi connectivity index (χ0) is 37.4. The number of anilines is 3. The topological polar surface area (TPSA) is 13.1 Å². The van der Waals surface area contributed by atoms with Gasteiger partial charge < -0.3 is 14.0 Å². The molecule has 0 saturated carbocycles. The SMILES string of the molecule is CC(C)(C)c1ccc(N(c2ccc(C(C)(C)C)cc2)c2cccc(-n3c4ccccc4c4ccc5c(c6ccccc6n5-c5ccccc5)c43)c2Cl)cc1. The summed E-state index contributed by atoms with van der Waals surface area (Å²) in [6.07, 6.45) is 0. The summed E-state index contributed by atoms with van der Waals surface area (Å²) in [6.45, 7) is 13.5. The average molecular weight is 722 g/mol. The highest BCUT2D eigenvalue weighted by Gasteiger charge is 2.25. The summed E-state index contributed by atoms with van der Waals surface area (Å²) in [5.41, 5.74) is 12.4. The lowest BCUT2D eigenvalue weighted by Gasteiger charge is -2.29. The van der Waals surface area contributed by atoms with Gasteiger partial charge in [-0.15, -0.1) is 0 Å². The van der Waals surface area contributed by atoms with Crippen molar-refractivity contribution in [3.63, 3.8) is 0 Å². The van der Waals surface area contributed by atoms with E-state index in [2.05, 4.69) is 213 Å². The second-order valence-electron chi connectivity index (χ2n) is 16.4. The molecule has 0 saturated heterocycles. The van der Waals surface area contributed by atoms with E-state index in [0.717, 1.165) is 45.0 Å². The molecule has 7 aromatic carbocycles. The lowest BCUT2D eigenvalue weighted by atomic mass is 9.86. The van der Waals surface area contributed by atoms with Crippen LogP contribution in [0.25, 0.3) is 55.0 Å². The van der Waals surface area contributed by atoms with E-state index in [1.54, 1.807) is 0 Å². The third-order valence-electron chi connectivity index (χ3n) is 10.9. The summed E-state index contributed by atoms with van der Waals surface area (Å²) in [5, 5.41) is 5.49. The number of hydrogen-bond donors (Lipinski definition) is 0. The van der Waals surface area contributed by atoms with E-state index >= 15 is 0 Å². The number of para-hydroxylation sites is 3. The molecule has 0 atom stereocenters. The van der Waals surface area contributed by atoms with Crippen LogP contribution in [0.15, 0.2) is 158 Å². The first-order chi connectivity index (χ1) is 26.0. The van der Waals surface area contributed by atoms with E-state index < -0.39 is 0 Å². The molecule has 4 heteroatoms. The molecular formula is C50H44ClN3. The first kappa shape index (κ1) is 34.0. The van der Waals surface area contributed by atoms with Crippen molar-refractivity contribution in [2.45, 2.75) is 52.4 Å². The van der Waals surface area contributed by atoms with E-state index in [1.165, 1.54) is 38.2 Å². The van der Waals surface area contributed by atoms with Crippen molar-refractivity contribution in [1.82, 2.24) is 9.13 Å². The maximum atomic E-state index is 7.81. The van der Waals surface area contributed by atoms with Crippen molar-refractivity contribution in [2.75, 3.05) is 4.90 Å². The summed E-state index contributed by atoms with van der Waals surface area (Å²) in [5.74, 6) is 0. The first-order valence-corrected chi connectivity index (χ1v) is 19.2. The fraction of sp³-hybridized carbons (Fsp3) is 0.160. The van der Waals surface area contributed by atoms with Crippen LogP contribution in [0.3, 0.4) is 0 Å². The zero-order valence-electron chi connectivity index (χ0n) is 31.7. The Hall–Kier alpha value is -5.77. The average Bonchev–Trinajstić information content (AvgIpc) is 3.69. The van der Waals surface area contributed by atoms with Crippen molar-refractivity contribution in [3.8, 4) is 11.4 Å². The van der Waals surface area contributed by atoms with Crippen molar-refractivity contribution >= 4 is 72.3 Å². The van der Waals surface area contributed by atoms with Crippen molar-refractivity contribution in [1.29, 1.82) is 0 Å². The monoisotopic (exact) mass is 721 g/mol. The minimum Gasteiger partial charge on any atom is -0.309 e. The number of nitrogens with zero attached hydrogens (tertiary/aromatic N) is 3. The van der Waals surface area contributed by atoms with Gasteiger partial charge in [0.2, 0.25) is 0 Å². The molecule has 0 unspecified atom stereocenters. The summed E-state index contributed by atoms with van der Waals surface area (Å²) in [6, 6.07) is 57.0. The third-order valence-corrected chi connectivity index (χ3v) is 11.3. The lowest BCUT2D eigenvalue weighted by Crippen LogP contribution is -2.15. The largest absolute Gasteiger partial charge is 0.309 e. The summed E-state index contributed by atoms with van der Waals surface area (Å²) < 4.78 is 4.78. The minimum atomic E-state index is 0.0424. The number of fused-ring (bicyclic) bond motifs is 7. The smallest absolute Gasteiger partial charge is 0.0887 e. The molecule has 0 radical (unpaired) electrons. The van der Waals surface area contributed by atoms with Crippen LogP contribution in [0.5, 0.6) is 0 Å². The van der Waals surface area contributed by atoms with Gasteiger partial charge in [0, 0.05) is 38.6 Å². The Kier molecular flexibility index (Phi) is 7.99. The molecule has 54 heavy (non-hydrogen) atoms. The molecular weight excluding hydrogens is 678 g/mol. The molecule has 0 amide bonds. The highest BCUT2D eigenvalue weighted by molar-refractivity contribution is 6.36. The first-order valence-electron chi connectivity index (χ1n) is 18.8. The van der Waals surface area contributed by atoms with Crippen molar-refractivity contribution in [3.05, 3.63) is 174 Å². The summed E-state index contributed by atoms with van der Waals surface area (Å²) in [7, 11) is 0. The maximum Gasteiger partial charge on any atom is 0.0887 e. The molecule has 0 aliphatic heterocycles. The molecule has 9 aromatic rings. The van der Waals surface area contributed by atoms with Gasteiger partial charge in [0.15, 0.2) is 0 Å². The predicted molar refractivity (Wildman–Crippen MR) is 232 cm³/mol. The molecule has 0 aliphatic rings. The quantitative estimate of drug-likeness (QED) is 0.172. The molecule has 0 N–H and O–H groups in total. The molecule has 0 aliphatic carbocycles. The third kappa shape index (κ3) is 5.49. The van der Waals surface area contributed by atoms with Crippen LogP contribution >= 0.6 is 11.6 Å². The normalized spacial score (nSPS) is 12.4. The van der Waals surface area contributed by atoms with Gasteiger partial charge in [-0.1, -0.05) is 144 Å². The lowest BCUT2D eigenvalue weighted by molar-refractivity contribution is 0.590. The van der Waals surface area contributed by atoms with Gasteiger partial charge >= 0.3 is 0 Å². The van der Waals surface area contributed by atoms with E-state index in [1.807, 2.05) is 0 Å². The van der Waals surface area contributed by atoms with E-state index in [9.17, 15) is 0 Å². The molecule has 9 rings (SSSR count). The van der Waals surface area contributed by atoms with Crippen LogP contribution in [-0.2, 0) is 10.8 Å². The van der Waals surface area contributed by atoms with Crippen molar-refractivity contribution in [2.24, 2.45) is 0 Å². The van der Waals surface area contributed by atoms with Crippen LogP contribution in [-0.4, -0.2) is 9.13 Å². The van der Waals surface area contributed by atoms with Gasteiger partial charge in [-0.05, 0) is 88.7 Å². The number of aromatic nitrogens is 2. The molecule has 266 valence electrons. The fourth-order valence-corrected chi connectivity index (χ4v) is 8.41. The Morgan fingerprint density at radius 1 is 0.444 bits per heavy atom. The van der Waals surface area contributed by atoms with Gasteiger partial charge in [0.05, 0.1) is 38.5 Å². The van der Waals surface area contributed by atoms with E-state index in [-0.39, 0.29) is 10.8 Å². The van der Waals surface area contributed by atoms with Crippen LogP contribution in [0.2, 0.25) is 5.02 Å². The van der Waals surface area contributed by atoms with Gasteiger partial charge in [-0.2, -0.15) is 0 Å². The predicted octanol–water partition coefficient (Wildman–Crippen LogP) is 14.6. The highest BCUT2D eigenvalue weighted by Crippen LogP contribution is 2.46. The highest BCUT2D eigenvalue weighted by atomic mass is 35.5.